The van der Waals surface area contributed by atoms with Crippen molar-refractivity contribution < 1.29 is 8.76 Å². The summed E-state index contributed by atoms with van der Waals surface area (Å²) in [5, 5.41) is 0. The summed E-state index contributed by atoms with van der Waals surface area (Å²) in [7, 11) is 1.80. The second-order valence-corrected chi connectivity index (χ2v) is 3.49. The first-order valence-corrected chi connectivity index (χ1v) is 5.21. The first kappa shape index (κ1) is 11.6. The topological polar surface area (TPSA) is 40.1 Å². The van der Waals surface area contributed by atoms with Crippen LogP contribution in [0.5, 0.6) is 0 Å². The van der Waals surface area contributed by atoms with Crippen molar-refractivity contribution >= 4 is 21.0 Å². The molecule has 1 rings (SSSR count). The highest BCUT2D eigenvalue weighted by molar-refractivity contribution is 8.03. The van der Waals surface area contributed by atoms with E-state index in [0.717, 1.165) is 0 Å². The highest BCUT2D eigenvalue weighted by Gasteiger charge is 1.79. The summed E-state index contributed by atoms with van der Waals surface area (Å²) < 4.78 is 17.5. The van der Waals surface area contributed by atoms with Crippen LogP contribution in [0.2, 0.25) is 0 Å². The lowest BCUT2D eigenvalue weighted by Crippen LogP contribution is -1.70. The van der Waals surface area contributed by atoms with Gasteiger partial charge < -0.3 is 4.55 Å². The molecule has 0 amide bonds. The van der Waals surface area contributed by atoms with E-state index < -0.39 is 10.3 Å². The third-order valence-electron chi connectivity index (χ3n) is 1.22. The molecule has 0 N–H and O–H groups in total. The molecule has 0 saturated heterocycles. The molecule has 0 heterocycles. The zero-order valence-electron chi connectivity index (χ0n) is 6.91. The summed E-state index contributed by atoms with van der Waals surface area (Å²) in [6.07, 6.45) is 0. The smallest absolute Gasteiger partial charge is 0.0422 e. The van der Waals surface area contributed by atoms with Crippen LogP contribution in [0, 0.1) is 13.8 Å². The van der Waals surface area contributed by atoms with Crippen LogP contribution in [0.1, 0.15) is 11.1 Å². The van der Waals surface area contributed by atoms with Crippen molar-refractivity contribution in [3.8, 4) is 0 Å². The Balaban J connectivity index is 0.000000261. The van der Waals surface area contributed by atoms with Gasteiger partial charge in [0.25, 0.3) is 0 Å². The Morgan fingerprint density at radius 2 is 1.33 bits per heavy atom. The standard InChI is InChI=1S/C8H10.ClHO2S/c1-7-3-5-8(2)6-4-7;1-4(2)3/h3-6H,1-2H3;(H,2,3)/p-1. The monoisotopic (exact) mass is 205 g/mol. The van der Waals surface area contributed by atoms with Crippen molar-refractivity contribution in [3.05, 3.63) is 35.4 Å². The average Bonchev–Trinajstić information content (AvgIpc) is 1.94. The summed E-state index contributed by atoms with van der Waals surface area (Å²) in [4.78, 5) is 0. The lowest BCUT2D eigenvalue weighted by Gasteiger charge is -1.90. The third kappa shape index (κ3) is 7.72. The molecule has 0 aliphatic rings. The molecule has 0 aliphatic carbocycles. The molecule has 0 aliphatic heterocycles. The van der Waals surface area contributed by atoms with Gasteiger partial charge in [-0.05, 0) is 24.5 Å². The van der Waals surface area contributed by atoms with Crippen LogP contribution >= 0.6 is 10.7 Å². The van der Waals surface area contributed by atoms with Crippen LogP contribution in [0.25, 0.3) is 0 Å². The van der Waals surface area contributed by atoms with E-state index in [2.05, 4.69) is 48.8 Å². The Bertz CT molecular complexity index is 221. The quantitative estimate of drug-likeness (QED) is 0.482. The number of hydrogen-bond acceptors (Lipinski definition) is 2. The van der Waals surface area contributed by atoms with E-state index in [1.54, 1.807) is 0 Å². The zero-order chi connectivity index (χ0) is 9.56. The lowest BCUT2D eigenvalue weighted by atomic mass is 10.2. The normalized spacial score (nSPS) is 11.3. The molecule has 0 aromatic heterocycles. The predicted molar refractivity (Wildman–Crippen MR) is 50.7 cm³/mol. The molecule has 1 aromatic rings. The molecule has 1 aromatic carbocycles. The van der Waals surface area contributed by atoms with Gasteiger partial charge in [0.15, 0.2) is 0 Å². The summed E-state index contributed by atoms with van der Waals surface area (Å²) in [5.74, 6) is 0. The minimum atomic E-state index is -2.39. The summed E-state index contributed by atoms with van der Waals surface area (Å²) >= 11 is 0. The summed E-state index contributed by atoms with van der Waals surface area (Å²) in [6.45, 7) is 4.19. The van der Waals surface area contributed by atoms with Gasteiger partial charge in [0.2, 0.25) is 0 Å². The van der Waals surface area contributed by atoms with Gasteiger partial charge in [-0.3, -0.25) is 4.21 Å². The number of aryl methyl sites for hydroxylation is 2. The van der Waals surface area contributed by atoms with Crippen molar-refractivity contribution in [3.63, 3.8) is 0 Å². The van der Waals surface area contributed by atoms with Crippen LogP contribution < -0.4 is 0 Å². The molecule has 12 heavy (non-hydrogen) atoms. The maximum Gasteiger partial charge on any atom is 0.0422 e. The molecule has 1 unspecified atom stereocenters. The number of benzene rings is 1. The highest BCUT2D eigenvalue weighted by atomic mass is 35.7. The maximum atomic E-state index is 8.77. The SMILES string of the molecule is Cc1ccc(C)cc1.O=S([O-])Cl. The van der Waals surface area contributed by atoms with E-state index in [0.29, 0.717) is 0 Å². The van der Waals surface area contributed by atoms with Crippen molar-refractivity contribution in [1.82, 2.24) is 0 Å². The van der Waals surface area contributed by atoms with Gasteiger partial charge in [0.05, 0.1) is 0 Å². The van der Waals surface area contributed by atoms with E-state index in [1.165, 1.54) is 11.1 Å². The predicted octanol–water partition coefficient (Wildman–Crippen LogP) is 2.32. The first-order chi connectivity index (χ1) is 5.52. The molecular formula is C8H10ClO2S-. The number of hydrogen-bond donors (Lipinski definition) is 0. The summed E-state index contributed by atoms with van der Waals surface area (Å²) in [5.41, 5.74) is 2.66. The van der Waals surface area contributed by atoms with Crippen molar-refractivity contribution in [1.29, 1.82) is 0 Å². The second kappa shape index (κ2) is 6.17. The molecule has 68 valence electrons. The van der Waals surface area contributed by atoms with Crippen LogP contribution in [0.3, 0.4) is 0 Å². The van der Waals surface area contributed by atoms with Gasteiger partial charge >= 0.3 is 0 Å². The van der Waals surface area contributed by atoms with Crippen LogP contribution in [0.15, 0.2) is 24.3 Å². The molecule has 0 saturated carbocycles. The van der Waals surface area contributed by atoms with E-state index in [-0.39, 0.29) is 0 Å². The van der Waals surface area contributed by atoms with Gasteiger partial charge in [-0.1, -0.05) is 35.4 Å². The fourth-order valence-corrected chi connectivity index (χ4v) is 0.637. The van der Waals surface area contributed by atoms with Crippen molar-refractivity contribution in [2.75, 3.05) is 0 Å². The van der Waals surface area contributed by atoms with Crippen molar-refractivity contribution in [2.45, 2.75) is 13.8 Å². The Hall–Kier alpha value is -0.380. The van der Waals surface area contributed by atoms with E-state index in [9.17, 15) is 0 Å². The first-order valence-electron chi connectivity index (χ1n) is 3.31. The molecule has 0 bridgehead atoms. The van der Waals surface area contributed by atoms with Gasteiger partial charge in [-0.25, -0.2) is 0 Å². The van der Waals surface area contributed by atoms with Crippen molar-refractivity contribution in [2.24, 2.45) is 0 Å². The summed E-state index contributed by atoms with van der Waals surface area (Å²) in [6, 6.07) is 8.48. The van der Waals surface area contributed by atoms with Gasteiger partial charge in [-0.2, -0.15) is 0 Å². The van der Waals surface area contributed by atoms with Gasteiger partial charge in [0.1, 0.15) is 0 Å². The van der Waals surface area contributed by atoms with Crippen LogP contribution in [0.4, 0.5) is 0 Å². The minimum Gasteiger partial charge on any atom is -0.760 e. The fourth-order valence-electron chi connectivity index (χ4n) is 0.637. The van der Waals surface area contributed by atoms with E-state index in [4.69, 9.17) is 8.76 Å². The molecule has 1 atom stereocenters. The molecular weight excluding hydrogens is 196 g/mol. The Morgan fingerprint density at radius 1 is 1.17 bits per heavy atom. The van der Waals surface area contributed by atoms with E-state index in [1.807, 2.05) is 0 Å². The van der Waals surface area contributed by atoms with E-state index >= 15 is 0 Å². The number of halogens is 1. The van der Waals surface area contributed by atoms with Gasteiger partial charge in [-0.15, -0.1) is 0 Å². The largest absolute Gasteiger partial charge is 0.760 e. The average molecular weight is 206 g/mol. The fraction of sp³-hybridized carbons (Fsp3) is 0.250. The Morgan fingerprint density at radius 3 is 1.50 bits per heavy atom. The Kier molecular flexibility index (Phi) is 5.98. The van der Waals surface area contributed by atoms with Crippen LogP contribution in [-0.2, 0) is 10.3 Å². The zero-order valence-corrected chi connectivity index (χ0v) is 8.48. The van der Waals surface area contributed by atoms with Gasteiger partial charge in [0, 0.05) is 10.3 Å². The second-order valence-electron chi connectivity index (χ2n) is 2.35. The molecule has 0 spiro atoms. The molecule has 0 fully saturated rings. The molecule has 4 heteroatoms. The third-order valence-corrected chi connectivity index (χ3v) is 1.22. The lowest BCUT2D eigenvalue weighted by molar-refractivity contribution is 0.552. The molecule has 2 nitrogen and oxygen atoms in total. The minimum absolute atomic E-state index is 1.33. The number of rotatable bonds is 0. The Labute approximate surface area is 79.4 Å². The molecule has 0 radical (unpaired) electrons. The van der Waals surface area contributed by atoms with Crippen LogP contribution in [-0.4, -0.2) is 8.76 Å². The maximum absolute atomic E-state index is 8.77. The highest BCUT2D eigenvalue weighted by Crippen LogP contribution is 1.99.